The first-order chi connectivity index (χ1) is 6.25. The number of amides is 1. The minimum Gasteiger partial charge on any atom is -0.366 e. The summed E-state index contributed by atoms with van der Waals surface area (Å²) in [6.45, 7) is 2.13. The van der Waals surface area contributed by atoms with Crippen molar-refractivity contribution in [2.75, 3.05) is 0 Å². The van der Waals surface area contributed by atoms with Crippen molar-refractivity contribution in [2.45, 2.75) is 26.2 Å². The standard InChI is InChI=1S/C11H15NO.H2/c1-2-3-6-9-7-4-5-8-10(9)11(12)13;/h4-5,7-8H,2-3,6H2,1H3,(H2,12,13);1H. The highest BCUT2D eigenvalue weighted by molar-refractivity contribution is 5.94. The average molecular weight is 179 g/mol. The van der Waals surface area contributed by atoms with Crippen LogP contribution in [0.15, 0.2) is 24.3 Å². The highest BCUT2D eigenvalue weighted by atomic mass is 16.1. The van der Waals surface area contributed by atoms with Gasteiger partial charge >= 0.3 is 0 Å². The van der Waals surface area contributed by atoms with Crippen molar-refractivity contribution in [1.82, 2.24) is 0 Å². The lowest BCUT2D eigenvalue weighted by atomic mass is 10.0. The number of hydrogen-bond acceptors (Lipinski definition) is 1. The van der Waals surface area contributed by atoms with Crippen LogP contribution in [-0.4, -0.2) is 5.91 Å². The van der Waals surface area contributed by atoms with Crippen LogP contribution in [-0.2, 0) is 6.42 Å². The van der Waals surface area contributed by atoms with Gasteiger partial charge in [-0.15, -0.1) is 0 Å². The Kier molecular flexibility index (Phi) is 3.50. The third kappa shape index (κ3) is 2.58. The van der Waals surface area contributed by atoms with E-state index in [4.69, 9.17) is 5.73 Å². The number of aryl methyl sites for hydroxylation is 1. The minimum absolute atomic E-state index is 0. The average Bonchev–Trinajstić information content (AvgIpc) is 2.15. The van der Waals surface area contributed by atoms with Crippen molar-refractivity contribution >= 4 is 5.91 Å². The molecule has 1 aromatic carbocycles. The number of hydrogen-bond donors (Lipinski definition) is 1. The molecule has 0 unspecified atom stereocenters. The summed E-state index contributed by atoms with van der Waals surface area (Å²) < 4.78 is 0. The predicted octanol–water partition coefficient (Wildman–Crippen LogP) is 2.37. The van der Waals surface area contributed by atoms with E-state index in [-0.39, 0.29) is 7.33 Å². The molecule has 0 fully saturated rings. The SMILES string of the molecule is CCCCc1ccccc1C(N)=O.[HH]. The maximum atomic E-state index is 11.0. The maximum Gasteiger partial charge on any atom is 0.248 e. The molecule has 13 heavy (non-hydrogen) atoms. The fourth-order valence-corrected chi connectivity index (χ4v) is 1.35. The molecule has 2 heteroatoms. The Morgan fingerprint density at radius 3 is 2.77 bits per heavy atom. The molecule has 0 aromatic heterocycles. The van der Waals surface area contributed by atoms with Crippen molar-refractivity contribution in [3.63, 3.8) is 0 Å². The number of primary amides is 1. The molecule has 0 heterocycles. The molecule has 0 aliphatic heterocycles. The lowest BCUT2D eigenvalue weighted by Crippen LogP contribution is -2.13. The fourth-order valence-electron chi connectivity index (χ4n) is 1.35. The first kappa shape index (κ1) is 9.78. The van der Waals surface area contributed by atoms with Gasteiger partial charge in [-0.05, 0) is 24.5 Å². The van der Waals surface area contributed by atoms with E-state index in [1.807, 2.05) is 18.2 Å². The monoisotopic (exact) mass is 179 g/mol. The summed E-state index contributed by atoms with van der Waals surface area (Å²) in [5, 5.41) is 0. The minimum atomic E-state index is -0.327. The highest BCUT2D eigenvalue weighted by Crippen LogP contribution is 2.11. The Morgan fingerprint density at radius 2 is 2.15 bits per heavy atom. The van der Waals surface area contributed by atoms with Gasteiger partial charge in [-0.3, -0.25) is 4.79 Å². The molecule has 0 saturated heterocycles. The van der Waals surface area contributed by atoms with Crippen LogP contribution in [0.4, 0.5) is 0 Å². The molecule has 0 saturated carbocycles. The molecule has 72 valence electrons. The van der Waals surface area contributed by atoms with Gasteiger partial charge in [-0.25, -0.2) is 0 Å². The van der Waals surface area contributed by atoms with Crippen LogP contribution in [0.2, 0.25) is 0 Å². The molecule has 1 amide bonds. The fraction of sp³-hybridized carbons (Fsp3) is 0.364. The van der Waals surface area contributed by atoms with Crippen molar-refractivity contribution in [3.8, 4) is 0 Å². The molecule has 0 aliphatic rings. The summed E-state index contributed by atoms with van der Waals surface area (Å²) in [6.07, 6.45) is 3.17. The molecular weight excluding hydrogens is 162 g/mol. The van der Waals surface area contributed by atoms with Gasteiger partial charge in [0.25, 0.3) is 0 Å². The second-order valence-corrected chi connectivity index (χ2v) is 3.12. The van der Waals surface area contributed by atoms with E-state index in [0.717, 1.165) is 24.8 Å². The molecular formula is C11H17NO. The summed E-state index contributed by atoms with van der Waals surface area (Å²) in [5.74, 6) is -0.327. The second kappa shape index (κ2) is 4.65. The zero-order valence-corrected chi connectivity index (χ0v) is 7.92. The van der Waals surface area contributed by atoms with E-state index in [0.29, 0.717) is 5.56 Å². The number of carbonyl (C=O) groups is 1. The summed E-state index contributed by atoms with van der Waals surface area (Å²) in [5.41, 5.74) is 6.98. The van der Waals surface area contributed by atoms with Crippen LogP contribution in [0.1, 0.15) is 37.1 Å². The van der Waals surface area contributed by atoms with E-state index in [1.165, 1.54) is 0 Å². The third-order valence-corrected chi connectivity index (χ3v) is 2.08. The van der Waals surface area contributed by atoms with Gasteiger partial charge in [-0.2, -0.15) is 0 Å². The van der Waals surface area contributed by atoms with Crippen molar-refractivity contribution in [2.24, 2.45) is 5.73 Å². The molecule has 0 aliphatic carbocycles. The molecule has 0 spiro atoms. The number of benzene rings is 1. The van der Waals surface area contributed by atoms with Crippen LogP contribution in [0.25, 0.3) is 0 Å². The number of rotatable bonds is 4. The quantitative estimate of drug-likeness (QED) is 0.757. The van der Waals surface area contributed by atoms with Gasteiger partial charge in [0, 0.05) is 6.99 Å². The zero-order chi connectivity index (χ0) is 9.68. The van der Waals surface area contributed by atoms with E-state index in [2.05, 4.69) is 6.92 Å². The van der Waals surface area contributed by atoms with Crippen LogP contribution >= 0.6 is 0 Å². The van der Waals surface area contributed by atoms with Crippen molar-refractivity contribution in [1.29, 1.82) is 0 Å². The largest absolute Gasteiger partial charge is 0.366 e. The summed E-state index contributed by atoms with van der Waals surface area (Å²) in [4.78, 5) is 11.0. The van der Waals surface area contributed by atoms with Gasteiger partial charge in [0.05, 0.1) is 0 Å². The topological polar surface area (TPSA) is 43.1 Å². The Balaban J connectivity index is 0.00000169. The molecule has 1 rings (SSSR count). The van der Waals surface area contributed by atoms with Crippen LogP contribution in [0.5, 0.6) is 0 Å². The maximum absolute atomic E-state index is 11.0. The highest BCUT2D eigenvalue weighted by Gasteiger charge is 2.05. The first-order valence-corrected chi connectivity index (χ1v) is 4.63. The number of carbonyl (C=O) groups excluding carboxylic acids is 1. The molecule has 0 bridgehead atoms. The van der Waals surface area contributed by atoms with E-state index in [1.54, 1.807) is 6.07 Å². The number of nitrogens with two attached hydrogens (primary N) is 1. The normalized spacial score (nSPS) is 9.92. The van der Waals surface area contributed by atoms with Gasteiger partial charge in [0.15, 0.2) is 0 Å². The summed E-state index contributed by atoms with van der Waals surface area (Å²) in [6, 6.07) is 7.54. The lowest BCUT2D eigenvalue weighted by molar-refractivity contribution is 0.0999. The smallest absolute Gasteiger partial charge is 0.248 e. The van der Waals surface area contributed by atoms with Crippen molar-refractivity contribution in [3.05, 3.63) is 35.4 Å². The molecule has 2 N–H and O–H groups in total. The summed E-state index contributed by atoms with van der Waals surface area (Å²) in [7, 11) is 0. The Bertz CT molecular complexity index is 299. The van der Waals surface area contributed by atoms with Crippen LogP contribution in [0.3, 0.4) is 0 Å². The van der Waals surface area contributed by atoms with E-state index < -0.39 is 0 Å². The van der Waals surface area contributed by atoms with Gasteiger partial charge < -0.3 is 5.73 Å². The van der Waals surface area contributed by atoms with E-state index >= 15 is 0 Å². The Hall–Kier alpha value is -1.31. The van der Waals surface area contributed by atoms with Gasteiger partial charge in [0.1, 0.15) is 0 Å². The Labute approximate surface area is 80.2 Å². The van der Waals surface area contributed by atoms with Crippen molar-refractivity contribution < 1.29 is 6.22 Å². The molecule has 0 atom stereocenters. The Morgan fingerprint density at radius 1 is 1.46 bits per heavy atom. The van der Waals surface area contributed by atoms with Crippen LogP contribution in [0, 0.1) is 0 Å². The van der Waals surface area contributed by atoms with Crippen LogP contribution < -0.4 is 5.73 Å². The lowest BCUT2D eigenvalue weighted by Gasteiger charge is -2.04. The third-order valence-electron chi connectivity index (χ3n) is 2.08. The molecule has 2 nitrogen and oxygen atoms in total. The first-order valence-electron chi connectivity index (χ1n) is 4.63. The summed E-state index contributed by atoms with van der Waals surface area (Å²) >= 11 is 0. The molecule has 1 aromatic rings. The van der Waals surface area contributed by atoms with Gasteiger partial charge in [-0.1, -0.05) is 31.5 Å². The molecule has 0 radical (unpaired) electrons. The van der Waals surface area contributed by atoms with Gasteiger partial charge in [0.2, 0.25) is 5.91 Å². The zero-order valence-electron chi connectivity index (χ0n) is 7.92. The van der Waals surface area contributed by atoms with E-state index in [9.17, 15) is 4.79 Å². The predicted molar refractivity (Wildman–Crippen MR) is 55.7 cm³/mol. The second-order valence-electron chi connectivity index (χ2n) is 3.12. The number of unbranched alkanes of at least 4 members (excludes halogenated alkanes) is 1.